The number of hydrogen-bond donors (Lipinski definition) is 0. The molecule has 0 aliphatic carbocycles. The van der Waals surface area contributed by atoms with Crippen LogP contribution in [-0.4, -0.2) is 37.9 Å². The fourth-order valence-corrected chi connectivity index (χ4v) is 2.36. The summed E-state index contributed by atoms with van der Waals surface area (Å²) in [7, 11) is 0.789. The molecule has 0 saturated carbocycles. The van der Waals surface area contributed by atoms with Gasteiger partial charge >= 0.3 is 18.1 Å². The van der Waals surface area contributed by atoms with E-state index in [0.29, 0.717) is 6.42 Å². The Bertz CT molecular complexity index is 572. The lowest BCUT2D eigenvalue weighted by Gasteiger charge is -2.32. The molecule has 0 spiro atoms. The van der Waals surface area contributed by atoms with Crippen LogP contribution in [-0.2, 0) is 29.4 Å². The molecule has 2 rings (SSSR count). The molecular formula is C15H15F3O5. The van der Waals surface area contributed by atoms with E-state index in [9.17, 15) is 22.8 Å². The molecule has 0 unspecified atom stereocenters. The summed E-state index contributed by atoms with van der Waals surface area (Å²) in [5.41, 5.74) is -3.61. The zero-order chi connectivity index (χ0) is 17.1. The van der Waals surface area contributed by atoms with Crippen molar-refractivity contribution in [2.75, 3.05) is 13.7 Å². The van der Waals surface area contributed by atoms with Gasteiger partial charge in [0.1, 0.15) is 12.7 Å². The molecule has 2 atom stereocenters. The van der Waals surface area contributed by atoms with Crippen molar-refractivity contribution in [3.05, 3.63) is 35.9 Å². The molecule has 0 aromatic heterocycles. The van der Waals surface area contributed by atoms with Gasteiger partial charge in [0.2, 0.25) is 0 Å². The second-order valence-corrected chi connectivity index (χ2v) is 5.00. The van der Waals surface area contributed by atoms with E-state index < -0.39 is 36.4 Å². The normalized spacial score (nSPS) is 20.7. The number of rotatable bonds is 5. The van der Waals surface area contributed by atoms with Crippen LogP contribution in [0.3, 0.4) is 0 Å². The first-order chi connectivity index (χ1) is 10.8. The number of benzene rings is 1. The summed E-state index contributed by atoms with van der Waals surface area (Å²) in [6.45, 7) is -0.446. The van der Waals surface area contributed by atoms with Crippen molar-refractivity contribution < 1.29 is 37.0 Å². The molecule has 0 N–H and O–H groups in total. The zero-order valence-electron chi connectivity index (χ0n) is 12.3. The first-order valence-electron chi connectivity index (χ1n) is 6.85. The molecule has 23 heavy (non-hydrogen) atoms. The lowest BCUT2D eigenvalue weighted by atomic mass is 9.93. The van der Waals surface area contributed by atoms with Crippen LogP contribution in [0.1, 0.15) is 18.4 Å². The van der Waals surface area contributed by atoms with Crippen LogP contribution in [0, 0.1) is 0 Å². The fraction of sp³-hybridized carbons (Fsp3) is 0.467. The Labute approximate surface area is 130 Å². The second-order valence-electron chi connectivity index (χ2n) is 5.00. The van der Waals surface area contributed by atoms with Crippen LogP contribution < -0.4 is 0 Å². The Morgan fingerprint density at radius 2 is 1.96 bits per heavy atom. The number of cyclic esters (lactones) is 1. The molecule has 0 amide bonds. The molecular weight excluding hydrogens is 317 g/mol. The molecule has 1 saturated heterocycles. The van der Waals surface area contributed by atoms with E-state index in [4.69, 9.17) is 9.47 Å². The number of methoxy groups -OCH3 is 1. The third-order valence-electron chi connectivity index (χ3n) is 3.54. The van der Waals surface area contributed by atoms with Gasteiger partial charge in [0, 0.05) is 19.1 Å². The first kappa shape index (κ1) is 17.3. The van der Waals surface area contributed by atoms with Gasteiger partial charge in [-0.05, 0) is 6.42 Å². The summed E-state index contributed by atoms with van der Waals surface area (Å²) in [6, 6.07) is 6.51. The van der Waals surface area contributed by atoms with E-state index in [1.54, 1.807) is 0 Å². The summed E-state index contributed by atoms with van der Waals surface area (Å²) in [4.78, 5) is 23.1. The highest BCUT2D eigenvalue weighted by Gasteiger charge is 2.64. The molecule has 0 radical (unpaired) electrons. The Morgan fingerprint density at radius 1 is 1.30 bits per heavy atom. The van der Waals surface area contributed by atoms with Crippen molar-refractivity contribution in [3.63, 3.8) is 0 Å². The van der Waals surface area contributed by atoms with Crippen molar-refractivity contribution in [1.29, 1.82) is 0 Å². The third-order valence-corrected chi connectivity index (χ3v) is 3.54. The predicted octanol–water partition coefficient (Wildman–Crippen LogP) is 2.34. The fourth-order valence-electron chi connectivity index (χ4n) is 2.36. The molecule has 1 heterocycles. The van der Waals surface area contributed by atoms with Crippen molar-refractivity contribution in [2.45, 2.75) is 30.7 Å². The van der Waals surface area contributed by atoms with Crippen molar-refractivity contribution in [2.24, 2.45) is 0 Å². The highest BCUT2D eigenvalue weighted by atomic mass is 19.4. The molecule has 1 aromatic rings. The number of ether oxygens (including phenoxy) is 3. The average molecular weight is 332 g/mol. The third kappa shape index (κ3) is 3.31. The van der Waals surface area contributed by atoms with Gasteiger partial charge in [0.05, 0.1) is 0 Å². The van der Waals surface area contributed by atoms with Gasteiger partial charge in [-0.2, -0.15) is 13.2 Å². The molecule has 8 heteroatoms. The summed E-state index contributed by atoms with van der Waals surface area (Å²) in [5, 5.41) is 0. The minimum Gasteiger partial charge on any atom is -0.459 e. The van der Waals surface area contributed by atoms with E-state index in [1.807, 2.05) is 0 Å². The van der Waals surface area contributed by atoms with Crippen LogP contribution in [0.4, 0.5) is 13.2 Å². The summed E-state index contributed by atoms with van der Waals surface area (Å²) >= 11 is 0. The van der Waals surface area contributed by atoms with Crippen LogP contribution in [0.2, 0.25) is 0 Å². The molecule has 5 nitrogen and oxygen atoms in total. The van der Waals surface area contributed by atoms with E-state index >= 15 is 0 Å². The van der Waals surface area contributed by atoms with Crippen LogP contribution in [0.15, 0.2) is 30.3 Å². The van der Waals surface area contributed by atoms with Gasteiger partial charge < -0.3 is 14.2 Å². The lowest BCUT2D eigenvalue weighted by Crippen LogP contribution is -2.52. The number of halogens is 3. The van der Waals surface area contributed by atoms with E-state index in [1.165, 1.54) is 18.2 Å². The summed E-state index contributed by atoms with van der Waals surface area (Å²) in [6.07, 6.45) is -5.31. The highest BCUT2D eigenvalue weighted by molar-refractivity contribution is 5.82. The molecule has 1 aromatic carbocycles. The van der Waals surface area contributed by atoms with Gasteiger partial charge in [-0.25, -0.2) is 4.79 Å². The van der Waals surface area contributed by atoms with Gasteiger partial charge in [0.25, 0.3) is 5.60 Å². The van der Waals surface area contributed by atoms with Gasteiger partial charge in [0.15, 0.2) is 0 Å². The molecule has 1 aliphatic heterocycles. The molecule has 1 aliphatic rings. The smallest absolute Gasteiger partial charge is 0.432 e. The Kier molecular flexibility index (Phi) is 4.93. The van der Waals surface area contributed by atoms with E-state index in [0.717, 1.165) is 19.2 Å². The van der Waals surface area contributed by atoms with Crippen molar-refractivity contribution >= 4 is 11.9 Å². The Hall–Kier alpha value is -2.09. The maximum absolute atomic E-state index is 13.6. The summed E-state index contributed by atoms with van der Waals surface area (Å²) in [5.74, 6) is -2.07. The SMILES string of the molecule is CO[C@@](C(=O)OC[C@@H]1CCC(=O)O1)(c1ccccc1)C(F)(F)F. The molecule has 1 fully saturated rings. The summed E-state index contributed by atoms with van der Waals surface area (Å²) < 4.78 is 54.8. The molecule has 126 valence electrons. The van der Waals surface area contributed by atoms with E-state index in [2.05, 4.69) is 4.74 Å². The maximum atomic E-state index is 13.6. The van der Waals surface area contributed by atoms with Crippen molar-refractivity contribution in [3.8, 4) is 0 Å². The predicted molar refractivity (Wildman–Crippen MR) is 71.3 cm³/mol. The average Bonchev–Trinajstić information content (AvgIpc) is 2.92. The zero-order valence-corrected chi connectivity index (χ0v) is 12.3. The maximum Gasteiger partial charge on any atom is 0.432 e. The number of esters is 2. The number of hydrogen-bond acceptors (Lipinski definition) is 5. The van der Waals surface area contributed by atoms with Crippen LogP contribution in [0.25, 0.3) is 0 Å². The van der Waals surface area contributed by atoms with E-state index in [-0.39, 0.29) is 12.0 Å². The van der Waals surface area contributed by atoms with Gasteiger partial charge in [-0.15, -0.1) is 0 Å². The van der Waals surface area contributed by atoms with Crippen LogP contribution in [0.5, 0.6) is 0 Å². The second kappa shape index (κ2) is 6.57. The Morgan fingerprint density at radius 3 is 2.43 bits per heavy atom. The number of carbonyl (C=O) groups excluding carboxylic acids is 2. The lowest BCUT2D eigenvalue weighted by molar-refractivity contribution is -0.277. The number of carbonyl (C=O) groups is 2. The quantitative estimate of drug-likeness (QED) is 0.775. The van der Waals surface area contributed by atoms with Gasteiger partial charge in [-0.1, -0.05) is 30.3 Å². The van der Waals surface area contributed by atoms with Crippen molar-refractivity contribution in [1.82, 2.24) is 0 Å². The highest BCUT2D eigenvalue weighted by Crippen LogP contribution is 2.43. The minimum absolute atomic E-state index is 0.148. The Balaban J connectivity index is 2.23. The standard InChI is InChI=1S/C15H15F3O5/c1-21-14(15(16,17)18,10-5-3-2-4-6-10)13(20)22-9-11-7-8-12(19)23-11/h2-6,11H,7-9H2,1H3/t11-,14+/m0/s1. The molecule has 0 bridgehead atoms. The number of alkyl halides is 3. The topological polar surface area (TPSA) is 61.8 Å². The van der Waals surface area contributed by atoms with Gasteiger partial charge in [-0.3, -0.25) is 4.79 Å². The largest absolute Gasteiger partial charge is 0.459 e. The minimum atomic E-state index is -5.02. The first-order valence-corrected chi connectivity index (χ1v) is 6.85. The monoisotopic (exact) mass is 332 g/mol. The van der Waals surface area contributed by atoms with Crippen LogP contribution >= 0.6 is 0 Å².